The molecule has 0 aromatic carbocycles. The average Bonchev–Trinajstić information content (AvgIpc) is 2.91. The Morgan fingerprint density at radius 3 is 2.95 bits per heavy atom. The highest BCUT2D eigenvalue weighted by Crippen LogP contribution is 2.29. The van der Waals surface area contributed by atoms with Gasteiger partial charge in [-0.1, -0.05) is 19.8 Å². The van der Waals surface area contributed by atoms with Gasteiger partial charge in [-0.25, -0.2) is 4.98 Å². The topological polar surface area (TPSA) is 55.1 Å². The van der Waals surface area contributed by atoms with Crippen molar-refractivity contribution in [2.24, 2.45) is 5.92 Å². The molecule has 2 aromatic heterocycles. The summed E-state index contributed by atoms with van der Waals surface area (Å²) >= 11 is 0. The van der Waals surface area contributed by atoms with Crippen LogP contribution in [0.4, 0.5) is 5.82 Å². The van der Waals surface area contributed by atoms with Crippen LogP contribution in [0, 0.1) is 5.92 Å². The van der Waals surface area contributed by atoms with Gasteiger partial charge in [0.25, 0.3) is 0 Å². The third kappa shape index (κ3) is 2.69. The monoisotopic (exact) mass is 259 g/mol. The Morgan fingerprint density at radius 1 is 1.32 bits per heavy atom. The number of hydrogen-bond donors (Lipinski definition) is 1. The summed E-state index contributed by atoms with van der Waals surface area (Å²) in [5, 5.41) is 11.6. The molecule has 0 unspecified atom stereocenters. The van der Waals surface area contributed by atoms with Crippen LogP contribution in [0.5, 0.6) is 0 Å². The van der Waals surface area contributed by atoms with Crippen LogP contribution in [0.3, 0.4) is 0 Å². The number of nitrogens with one attached hydrogen (secondary N) is 1. The van der Waals surface area contributed by atoms with Gasteiger partial charge in [-0.15, -0.1) is 10.2 Å². The molecular weight excluding hydrogens is 238 g/mol. The maximum Gasteiger partial charge on any atom is 0.203 e. The minimum atomic E-state index is 0.531. The molecule has 5 heteroatoms. The highest BCUT2D eigenvalue weighted by Gasteiger charge is 2.21. The first-order valence-corrected chi connectivity index (χ1v) is 7.27. The molecule has 1 aliphatic carbocycles. The Bertz CT molecular complexity index is 527. The largest absolute Gasteiger partial charge is 0.364 e. The van der Waals surface area contributed by atoms with Gasteiger partial charge in [0.2, 0.25) is 5.65 Å². The van der Waals surface area contributed by atoms with E-state index in [1.165, 1.54) is 38.5 Å². The number of rotatable bonds is 4. The van der Waals surface area contributed by atoms with Crippen molar-refractivity contribution in [2.75, 3.05) is 5.32 Å². The maximum atomic E-state index is 4.39. The molecule has 0 spiro atoms. The Kier molecular flexibility index (Phi) is 3.62. The van der Waals surface area contributed by atoms with Gasteiger partial charge in [-0.3, -0.25) is 4.40 Å². The van der Waals surface area contributed by atoms with Gasteiger partial charge in [-0.05, 0) is 31.6 Å². The van der Waals surface area contributed by atoms with Crippen molar-refractivity contribution in [2.45, 2.75) is 51.5 Å². The quantitative estimate of drug-likeness (QED) is 0.917. The van der Waals surface area contributed by atoms with Crippen LogP contribution < -0.4 is 5.32 Å². The van der Waals surface area contributed by atoms with E-state index >= 15 is 0 Å². The van der Waals surface area contributed by atoms with Crippen molar-refractivity contribution in [1.82, 2.24) is 19.6 Å². The second-order valence-electron chi connectivity index (χ2n) is 5.49. The van der Waals surface area contributed by atoms with E-state index in [2.05, 4.69) is 27.4 Å². The van der Waals surface area contributed by atoms with Gasteiger partial charge >= 0.3 is 0 Å². The minimum absolute atomic E-state index is 0.531. The number of fused-ring (bicyclic) bond motifs is 1. The first-order valence-electron chi connectivity index (χ1n) is 7.27. The average molecular weight is 259 g/mol. The van der Waals surface area contributed by atoms with Crippen molar-refractivity contribution >= 4 is 11.5 Å². The summed E-state index contributed by atoms with van der Waals surface area (Å²) in [6.45, 7) is 2.28. The fourth-order valence-corrected chi connectivity index (χ4v) is 3.06. The van der Waals surface area contributed by atoms with Crippen LogP contribution in [0.1, 0.15) is 45.4 Å². The van der Waals surface area contributed by atoms with E-state index in [0.29, 0.717) is 6.04 Å². The summed E-state index contributed by atoms with van der Waals surface area (Å²) in [4.78, 5) is 4.39. The standard InChI is InChI=1S/C14H21N5/c1-2-3-11-4-6-12(7-5-11)17-13-14-18-16-10-19(14)9-8-15-13/h8-12H,2-7H2,1H3,(H,15,17). The smallest absolute Gasteiger partial charge is 0.203 e. The molecule has 2 aromatic rings. The lowest BCUT2D eigenvalue weighted by Gasteiger charge is -2.29. The predicted octanol–water partition coefficient (Wildman–Crippen LogP) is 2.90. The summed E-state index contributed by atoms with van der Waals surface area (Å²) in [6, 6.07) is 0.531. The molecule has 1 N–H and O–H groups in total. The Balaban J connectivity index is 1.65. The Morgan fingerprint density at radius 2 is 2.16 bits per heavy atom. The van der Waals surface area contributed by atoms with Crippen molar-refractivity contribution < 1.29 is 0 Å². The number of aromatic nitrogens is 4. The predicted molar refractivity (Wildman–Crippen MR) is 75.1 cm³/mol. The van der Waals surface area contributed by atoms with Crippen LogP contribution in [0.2, 0.25) is 0 Å². The van der Waals surface area contributed by atoms with Crippen LogP contribution in [-0.4, -0.2) is 25.6 Å². The summed E-state index contributed by atoms with van der Waals surface area (Å²) in [7, 11) is 0. The number of nitrogens with zero attached hydrogens (tertiary/aromatic N) is 4. The molecule has 3 rings (SSSR count). The molecule has 1 saturated carbocycles. The van der Waals surface area contributed by atoms with E-state index in [0.717, 1.165) is 17.4 Å². The van der Waals surface area contributed by atoms with E-state index < -0.39 is 0 Å². The van der Waals surface area contributed by atoms with E-state index in [-0.39, 0.29) is 0 Å². The zero-order chi connectivity index (χ0) is 13.1. The summed E-state index contributed by atoms with van der Waals surface area (Å²) < 4.78 is 1.90. The molecule has 0 bridgehead atoms. The number of anilines is 1. The molecule has 0 amide bonds. The van der Waals surface area contributed by atoms with Crippen LogP contribution in [0.25, 0.3) is 5.65 Å². The van der Waals surface area contributed by atoms with Crippen molar-refractivity contribution in [1.29, 1.82) is 0 Å². The first-order chi connectivity index (χ1) is 9.36. The van der Waals surface area contributed by atoms with Crippen LogP contribution in [-0.2, 0) is 0 Å². The third-order valence-corrected chi connectivity index (χ3v) is 4.10. The first kappa shape index (κ1) is 12.4. The van der Waals surface area contributed by atoms with E-state index in [1.807, 2.05) is 10.6 Å². The lowest BCUT2D eigenvalue weighted by Crippen LogP contribution is -2.26. The molecule has 1 aliphatic rings. The zero-order valence-electron chi connectivity index (χ0n) is 11.4. The fraction of sp³-hybridized carbons (Fsp3) is 0.643. The number of hydrogen-bond acceptors (Lipinski definition) is 4. The molecule has 0 atom stereocenters. The Hall–Kier alpha value is -1.65. The fourth-order valence-electron chi connectivity index (χ4n) is 3.06. The van der Waals surface area contributed by atoms with Gasteiger partial charge in [0, 0.05) is 18.4 Å². The van der Waals surface area contributed by atoms with Gasteiger partial charge in [0.15, 0.2) is 5.82 Å². The highest BCUT2D eigenvalue weighted by molar-refractivity contribution is 5.61. The van der Waals surface area contributed by atoms with Gasteiger partial charge in [0.1, 0.15) is 6.33 Å². The lowest BCUT2D eigenvalue weighted by atomic mass is 9.83. The normalized spacial score (nSPS) is 23.6. The second-order valence-corrected chi connectivity index (χ2v) is 5.49. The third-order valence-electron chi connectivity index (χ3n) is 4.10. The molecule has 102 valence electrons. The highest BCUT2D eigenvalue weighted by atomic mass is 15.2. The molecule has 2 heterocycles. The second kappa shape index (κ2) is 5.55. The summed E-state index contributed by atoms with van der Waals surface area (Å²) in [5.41, 5.74) is 0.818. The van der Waals surface area contributed by atoms with Gasteiger partial charge < -0.3 is 5.32 Å². The van der Waals surface area contributed by atoms with E-state index in [9.17, 15) is 0 Å². The maximum absolute atomic E-state index is 4.39. The van der Waals surface area contributed by atoms with E-state index in [4.69, 9.17) is 0 Å². The lowest BCUT2D eigenvalue weighted by molar-refractivity contribution is 0.318. The van der Waals surface area contributed by atoms with Crippen molar-refractivity contribution in [3.63, 3.8) is 0 Å². The van der Waals surface area contributed by atoms with Gasteiger partial charge in [-0.2, -0.15) is 0 Å². The molecule has 0 radical (unpaired) electrons. The Labute approximate surface area is 113 Å². The molecule has 1 fully saturated rings. The molecule has 0 saturated heterocycles. The molecule has 5 nitrogen and oxygen atoms in total. The summed E-state index contributed by atoms with van der Waals surface area (Å²) in [6.07, 6.45) is 13.2. The van der Waals surface area contributed by atoms with Crippen molar-refractivity contribution in [3.05, 3.63) is 18.7 Å². The molecule has 19 heavy (non-hydrogen) atoms. The molecule has 0 aliphatic heterocycles. The zero-order valence-corrected chi connectivity index (χ0v) is 11.4. The van der Waals surface area contributed by atoms with Gasteiger partial charge in [0.05, 0.1) is 0 Å². The van der Waals surface area contributed by atoms with E-state index in [1.54, 1.807) is 12.5 Å². The van der Waals surface area contributed by atoms with Crippen LogP contribution in [0.15, 0.2) is 18.7 Å². The summed E-state index contributed by atoms with van der Waals surface area (Å²) in [5.74, 6) is 1.79. The van der Waals surface area contributed by atoms with Crippen LogP contribution >= 0.6 is 0 Å². The SMILES string of the molecule is CCCC1CCC(Nc2nccn3cnnc23)CC1. The van der Waals surface area contributed by atoms with Crippen molar-refractivity contribution in [3.8, 4) is 0 Å². The minimum Gasteiger partial charge on any atom is -0.364 e. The molecular formula is C14H21N5.